The minimum atomic E-state index is -3.44. The Labute approximate surface area is 107 Å². The quantitative estimate of drug-likeness (QED) is 0.767. The second kappa shape index (κ2) is 3.83. The van der Waals surface area contributed by atoms with Gasteiger partial charge in [0.15, 0.2) is 0 Å². The van der Waals surface area contributed by atoms with E-state index in [1.807, 2.05) is 0 Å². The lowest BCUT2D eigenvalue weighted by Crippen LogP contribution is -2.47. The van der Waals surface area contributed by atoms with E-state index in [9.17, 15) is 13.2 Å². The van der Waals surface area contributed by atoms with Crippen LogP contribution in [0, 0.1) is 11.8 Å². The van der Waals surface area contributed by atoms with E-state index in [-0.39, 0.29) is 23.6 Å². The van der Waals surface area contributed by atoms with Crippen molar-refractivity contribution >= 4 is 28.3 Å². The zero-order chi connectivity index (χ0) is 11.6. The van der Waals surface area contributed by atoms with Crippen LogP contribution in [0.5, 0.6) is 0 Å². The zero-order valence-electron chi connectivity index (χ0n) is 9.39. The summed E-state index contributed by atoms with van der Waals surface area (Å²) in [4.78, 5) is 11.8. The summed E-state index contributed by atoms with van der Waals surface area (Å²) in [6.07, 6.45) is 4.22. The summed E-state index contributed by atoms with van der Waals surface area (Å²) < 4.78 is 25.3. The molecule has 7 heteroatoms. The van der Waals surface area contributed by atoms with Crippen LogP contribution in [0.2, 0.25) is 0 Å². The summed E-state index contributed by atoms with van der Waals surface area (Å²) in [6.45, 7) is 0. The highest BCUT2D eigenvalue weighted by atomic mass is 35.5. The van der Waals surface area contributed by atoms with Gasteiger partial charge in [-0.3, -0.25) is 9.52 Å². The van der Waals surface area contributed by atoms with Gasteiger partial charge in [0.25, 0.3) is 5.91 Å². The number of rotatable bonds is 4. The third-order valence-electron chi connectivity index (χ3n) is 3.87. The highest BCUT2D eigenvalue weighted by molar-refractivity contribution is 7.90. The molecule has 3 aliphatic rings. The van der Waals surface area contributed by atoms with Crippen LogP contribution in [0.1, 0.15) is 32.1 Å². The van der Waals surface area contributed by atoms with E-state index in [1.165, 1.54) is 0 Å². The van der Waals surface area contributed by atoms with Gasteiger partial charge in [-0.1, -0.05) is 0 Å². The van der Waals surface area contributed by atoms with Crippen molar-refractivity contribution in [1.82, 2.24) is 4.72 Å². The number of halogens is 1. The maximum absolute atomic E-state index is 11.8. The standard InChI is InChI=1S/C10H16N2O3S.ClH/c11-10(5-8(10)6-1-2-6)9(13)12-16(14,15)7-3-4-7;/h6-8H,1-5,11H2,(H,12,13);1H/t8-,10+;/m0./s1. The van der Waals surface area contributed by atoms with E-state index < -0.39 is 21.5 Å². The molecule has 0 aromatic carbocycles. The number of nitrogens with two attached hydrogens (primary N) is 1. The molecular formula is C10H17ClN2O3S. The van der Waals surface area contributed by atoms with Crippen LogP contribution >= 0.6 is 12.4 Å². The van der Waals surface area contributed by atoms with Crippen molar-refractivity contribution in [3.8, 4) is 0 Å². The second-order valence-corrected chi connectivity index (χ2v) is 7.32. The fourth-order valence-corrected chi connectivity index (χ4v) is 3.71. The van der Waals surface area contributed by atoms with Crippen molar-refractivity contribution in [2.45, 2.75) is 42.9 Å². The Morgan fingerprint density at radius 2 is 1.82 bits per heavy atom. The molecule has 5 nitrogen and oxygen atoms in total. The van der Waals surface area contributed by atoms with Crippen LogP contribution in [0.15, 0.2) is 0 Å². The molecule has 17 heavy (non-hydrogen) atoms. The summed E-state index contributed by atoms with van der Waals surface area (Å²) in [5.74, 6) is 0.276. The lowest BCUT2D eigenvalue weighted by molar-refractivity contribution is -0.121. The van der Waals surface area contributed by atoms with Gasteiger partial charge in [0.2, 0.25) is 10.0 Å². The van der Waals surface area contributed by atoms with Crippen molar-refractivity contribution in [2.24, 2.45) is 17.6 Å². The molecule has 3 fully saturated rings. The van der Waals surface area contributed by atoms with Gasteiger partial charge in [0.05, 0.1) is 10.8 Å². The molecule has 0 aromatic rings. The number of amides is 1. The largest absolute Gasteiger partial charge is 0.317 e. The number of hydrogen-bond donors (Lipinski definition) is 2. The van der Waals surface area contributed by atoms with Crippen LogP contribution in [-0.2, 0) is 14.8 Å². The molecule has 0 aliphatic heterocycles. The summed E-state index contributed by atoms with van der Waals surface area (Å²) in [5, 5.41) is -0.363. The summed E-state index contributed by atoms with van der Waals surface area (Å²) in [5.41, 5.74) is 5.03. The molecule has 0 heterocycles. The van der Waals surface area contributed by atoms with Crippen molar-refractivity contribution in [2.75, 3.05) is 0 Å². The van der Waals surface area contributed by atoms with E-state index in [2.05, 4.69) is 4.72 Å². The van der Waals surface area contributed by atoms with Crippen LogP contribution in [0.3, 0.4) is 0 Å². The molecule has 0 radical (unpaired) electrons. The van der Waals surface area contributed by atoms with Crippen molar-refractivity contribution in [1.29, 1.82) is 0 Å². The average molecular weight is 281 g/mol. The van der Waals surface area contributed by atoms with E-state index >= 15 is 0 Å². The number of sulfonamides is 1. The highest BCUT2D eigenvalue weighted by Gasteiger charge is 2.63. The van der Waals surface area contributed by atoms with E-state index in [4.69, 9.17) is 5.73 Å². The van der Waals surface area contributed by atoms with Crippen molar-refractivity contribution < 1.29 is 13.2 Å². The summed E-state index contributed by atoms with van der Waals surface area (Å²) >= 11 is 0. The first kappa shape index (κ1) is 13.1. The Hall–Kier alpha value is -0.330. The fraction of sp³-hybridized carbons (Fsp3) is 0.900. The van der Waals surface area contributed by atoms with Gasteiger partial charge in [0.1, 0.15) is 0 Å². The van der Waals surface area contributed by atoms with Crippen LogP contribution in [0.4, 0.5) is 0 Å². The van der Waals surface area contributed by atoms with Crippen LogP contribution in [0.25, 0.3) is 0 Å². The molecule has 3 aliphatic carbocycles. The maximum Gasteiger partial charge on any atom is 0.253 e. The molecule has 3 rings (SSSR count). The molecular weight excluding hydrogens is 264 g/mol. The highest BCUT2D eigenvalue weighted by Crippen LogP contribution is 2.55. The lowest BCUT2D eigenvalue weighted by atomic mass is 10.1. The predicted octanol–water partition coefficient (Wildman–Crippen LogP) is 0.144. The minimum Gasteiger partial charge on any atom is -0.317 e. The topological polar surface area (TPSA) is 89.3 Å². The van der Waals surface area contributed by atoms with E-state index in [0.29, 0.717) is 25.2 Å². The van der Waals surface area contributed by atoms with Gasteiger partial charge in [-0.2, -0.15) is 0 Å². The van der Waals surface area contributed by atoms with Gasteiger partial charge < -0.3 is 5.73 Å². The Bertz CT molecular complexity index is 444. The molecule has 0 unspecified atom stereocenters. The van der Waals surface area contributed by atoms with Gasteiger partial charge >= 0.3 is 0 Å². The van der Waals surface area contributed by atoms with Crippen LogP contribution < -0.4 is 10.5 Å². The minimum absolute atomic E-state index is 0. The molecule has 0 bridgehead atoms. The molecule has 98 valence electrons. The number of carbonyl (C=O) groups is 1. The number of nitrogens with one attached hydrogen (secondary N) is 1. The van der Waals surface area contributed by atoms with Crippen molar-refractivity contribution in [3.63, 3.8) is 0 Å². The third kappa shape index (κ3) is 2.30. The normalized spacial score (nSPS) is 35.9. The first-order valence-corrected chi connectivity index (χ1v) is 7.33. The molecule has 0 saturated heterocycles. The Kier molecular flexibility index (Phi) is 2.95. The van der Waals surface area contributed by atoms with Crippen LogP contribution in [-0.4, -0.2) is 25.1 Å². The lowest BCUT2D eigenvalue weighted by Gasteiger charge is -2.12. The summed E-state index contributed by atoms with van der Waals surface area (Å²) in [6, 6.07) is 0. The van der Waals surface area contributed by atoms with Gasteiger partial charge in [-0.15, -0.1) is 12.4 Å². The number of hydrogen-bond acceptors (Lipinski definition) is 4. The SMILES string of the molecule is Cl.N[C@]1(C(=O)NS(=O)(=O)C2CC2)C[C@H]1C1CC1. The van der Waals surface area contributed by atoms with Crippen molar-refractivity contribution in [3.05, 3.63) is 0 Å². The summed E-state index contributed by atoms with van der Waals surface area (Å²) in [7, 11) is -3.44. The van der Waals surface area contributed by atoms with E-state index in [1.54, 1.807) is 0 Å². The average Bonchev–Trinajstić information content (AvgIpc) is 3.03. The molecule has 0 aromatic heterocycles. The van der Waals surface area contributed by atoms with E-state index in [0.717, 1.165) is 12.8 Å². The molecule has 0 spiro atoms. The van der Waals surface area contributed by atoms with Gasteiger partial charge in [-0.25, -0.2) is 8.42 Å². The second-order valence-electron chi connectivity index (χ2n) is 5.36. The van der Waals surface area contributed by atoms with Gasteiger partial charge in [-0.05, 0) is 43.9 Å². The molecule has 1 amide bonds. The smallest absolute Gasteiger partial charge is 0.253 e. The molecule has 3 saturated carbocycles. The monoisotopic (exact) mass is 280 g/mol. The Morgan fingerprint density at radius 3 is 2.29 bits per heavy atom. The molecule has 3 N–H and O–H groups in total. The maximum atomic E-state index is 11.8. The number of carbonyl (C=O) groups excluding carboxylic acids is 1. The Morgan fingerprint density at radius 1 is 1.24 bits per heavy atom. The molecule has 2 atom stereocenters. The zero-order valence-corrected chi connectivity index (χ0v) is 11.0. The predicted molar refractivity (Wildman–Crippen MR) is 65.1 cm³/mol. The Balaban J connectivity index is 0.00000108. The first-order valence-electron chi connectivity index (χ1n) is 5.78. The third-order valence-corrected chi connectivity index (χ3v) is 5.69. The first-order chi connectivity index (χ1) is 7.43. The van der Waals surface area contributed by atoms with Gasteiger partial charge in [0, 0.05) is 0 Å². The fourth-order valence-electron chi connectivity index (χ4n) is 2.34.